The van der Waals surface area contributed by atoms with E-state index in [-0.39, 0.29) is 4.90 Å². The van der Waals surface area contributed by atoms with Gasteiger partial charge in [0.1, 0.15) is 0 Å². The van der Waals surface area contributed by atoms with Crippen LogP contribution in [0.2, 0.25) is 0 Å². The van der Waals surface area contributed by atoms with Crippen molar-refractivity contribution in [1.29, 1.82) is 0 Å². The molecule has 0 amide bonds. The first-order valence-electron chi connectivity index (χ1n) is 5.63. The molecule has 0 atom stereocenters. The summed E-state index contributed by atoms with van der Waals surface area (Å²) >= 11 is 0. The Labute approximate surface area is 107 Å². The minimum atomic E-state index is -3.37. The Kier molecular flexibility index (Phi) is 3.74. The van der Waals surface area contributed by atoms with Gasteiger partial charge in [-0.25, -0.2) is 13.1 Å². The molecule has 94 valence electrons. The minimum Gasteiger partial charge on any atom is -0.265 e. The first-order chi connectivity index (χ1) is 8.63. The monoisotopic (exact) mass is 262 g/mol. The van der Waals surface area contributed by atoms with E-state index in [1.807, 2.05) is 12.1 Å². The number of hydrogen-bond donors (Lipinski definition) is 1. The first-order valence-corrected chi connectivity index (χ1v) is 7.12. The van der Waals surface area contributed by atoms with Gasteiger partial charge < -0.3 is 0 Å². The van der Waals surface area contributed by atoms with Crippen LogP contribution in [0.4, 0.5) is 0 Å². The number of nitrogens with one attached hydrogen (secondary N) is 1. The van der Waals surface area contributed by atoms with Crippen LogP contribution in [-0.2, 0) is 10.0 Å². The zero-order valence-electron chi connectivity index (χ0n) is 10.00. The Hall–Kier alpha value is -1.72. The van der Waals surface area contributed by atoms with Crippen molar-refractivity contribution in [3.05, 3.63) is 48.8 Å². The lowest BCUT2D eigenvalue weighted by Gasteiger charge is -2.06. The standard InChI is InChI=1S/C13H14N2O2S/c1-2-15-18(16,17)13-5-3-11(4-6-13)12-7-9-14-10-8-12/h3-10,15H,2H2,1H3. The van der Waals surface area contributed by atoms with Crippen LogP contribution in [0, 0.1) is 0 Å². The highest BCUT2D eigenvalue weighted by molar-refractivity contribution is 7.89. The van der Waals surface area contributed by atoms with Crippen LogP contribution in [0.5, 0.6) is 0 Å². The molecular formula is C13H14N2O2S. The Morgan fingerprint density at radius 1 is 1.00 bits per heavy atom. The lowest BCUT2D eigenvalue weighted by molar-refractivity contribution is 0.584. The van der Waals surface area contributed by atoms with Gasteiger partial charge in [-0.05, 0) is 35.4 Å². The van der Waals surface area contributed by atoms with E-state index in [0.717, 1.165) is 11.1 Å². The first kappa shape index (κ1) is 12.7. The summed E-state index contributed by atoms with van der Waals surface area (Å²) in [7, 11) is -3.37. The molecule has 5 heteroatoms. The topological polar surface area (TPSA) is 59.1 Å². The summed E-state index contributed by atoms with van der Waals surface area (Å²) in [6, 6.07) is 10.6. The van der Waals surface area contributed by atoms with Crippen molar-refractivity contribution in [3.63, 3.8) is 0 Å². The predicted octanol–water partition coefficient (Wildman–Crippen LogP) is 2.05. The Morgan fingerprint density at radius 3 is 2.11 bits per heavy atom. The molecule has 0 aliphatic rings. The second-order valence-electron chi connectivity index (χ2n) is 3.76. The molecule has 0 fully saturated rings. The number of hydrogen-bond acceptors (Lipinski definition) is 3. The van der Waals surface area contributed by atoms with E-state index in [1.54, 1.807) is 43.6 Å². The summed E-state index contributed by atoms with van der Waals surface area (Å²) in [4.78, 5) is 4.23. The average molecular weight is 262 g/mol. The summed E-state index contributed by atoms with van der Waals surface area (Å²) in [6.07, 6.45) is 3.41. The van der Waals surface area contributed by atoms with E-state index in [2.05, 4.69) is 9.71 Å². The largest absolute Gasteiger partial charge is 0.265 e. The zero-order valence-corrected chi connectivity index (χ0v) is 10.8. The molecule has 0 aliphatic heterocycles. The number of nitrogens with zero attached hydrogens (tertiary/aromatic N) is 1. The van der Waals surface area contributed by atoms with E-state index in [4.69, 9.17) is 0 Å². The fourth-order valence-corrected chi connectivity index (χ4v) is 2.69. The number of rotatable bonds is 4. The van der Waals surface area contributed by atoms with Crippen molar-refractivity contribution in [1.82, 2.24) is 9.71 Å². The van der Waals surface area contributed by atoms with Crippen molar-refractivity contribution < 1.29 is 8.42 Å². The van der Waals surface area contributed by atoms with E-state index in [1.165, 1.54) is 0 Å². The van der Waals surface area contributed by atoms with Crippen molar-refractivity contribution in [2.75, 3.05) is 6.54 Å². The van der Waals surface area contributed by atoms with Gasteiger partial charge in [-0.15, -0.1) is 0 Å². The predicted molar refractivity (Wildman–Crippen MR) is 70.5 cm³/mol. The van der Waals surface area contributed by atoms with Crippen molar-refractivity contribution in [2.24, 2.45) is 0 Å². The summed E-state index contributed by atoms with van der Waals surface area (Å²) in [5, 5.41) is 0. The fraction of sp³-hybridized carbons (Fsp3) is 0.154. The minimum absolute atomic E-state index is 0.280. The Balaban J connectivity index is 2.32. The number of pyridine rings is 1. The van der Waals surface area contributed by atoms with Crippen LogP contribution < -0.4 is 4.72 Å². The van der Waals surface area contributed by atoms with Gasteiger partial charge in [0, 0.05) is 18.9 Å². The zero-order chi connectivity index (χ0) is 13.0. The van der Waals surface area contributed by atoms with Crippen molar-refractivity contribution in [2.45, 2.75) is 11.8 Å². The van der Waals surface area contributed by atoms with Crippen molar-refractivity contribution >= 4 is 10.0 Å². The van der Waals surface area contributed by atoms with Gasteiger partial charge in [0.05, 0.1) is 4.90 Å². The highest BCUT2D eigenvalue weighted by Crippen LogP contribution is 2.20. The van der Waals surface area contributed by atoms with Gasteiger partial charge in [-0.1, -0.05) is 19.1 Å². The lowest BCUT2D eigenvalue weighted by Crippen LogP contribution is -2.22. The van der Waals surface area contributed by atoms with Crippen molar-refractivity contribution in [3.8, 4) is 11.1 Å². The van der Waals surface area contributed by atoms with E-state index in [0.29, 0.717) is 6.54 Å². The van der Waals surface area contributed by atoms with E-state index in [9.17, 15) is 8.42 Å². The highest BCUT2D eigenvalue weighted by atomic mass is 32.2. The van der Waals surface area contributed by atoms with Crippen LogP contribution in [0.3, 0.4) is 0 Å². The molecule has 0 spiro atoms. The van der Waals surface area contributed by atoms with Crippen LogP contribution in [-0.4, -0.2) is 19.9 Å². The summed E-state index contributed by atoms with van der Waals surface area (Å²) in [5.41, 5.74) is 1.98. The van der Waals surface area contributed by atoms with Gasteiger partial charge in [0.15, 0.2) is 0 Å². The lowest BCUT2D eigenvalue weighted by atomic mass is 10.1. The SMILES string of the molecule is CCNS(=O)(=O)c1ccc(-c2ccncc2)cc1. The molecule has 0 unspecified atom stereocenters. The second kappa shape index (κ2) is 5.29. The average Bonchev–Trinajstić information content (AvgIpc) is 2.40. The molecular weight excluding hydrogens is 248 g/mol. The summed E-state index contributed by atoms with van der Waals surface area (Å²) in [6.45, 7) is 2.14. The molecule has 18 heavy (non-hydrogen) atoms. The maximum absolute atomic E-state index is 11.8. The van der Waals surface area contributed by atoms with Crippen LogP contribution in [0.1, 0.15) is 6.92 Å². The Bertz CT molecular complexity index is 607. The van der Waals surface area contributed by atoms with Crippen LogP contribution in [0.25, 0.3) is 11.1 Å². The molecule has 2 rings (SSSR count). The molecule has 0 aliphatic carbocycles. The third-order valence-corrected chi connectivity index (χ3v) is 4.07. The van der Waals surface area contributed by atoms with Gasteiger partial charge in [-0.2, -0.15) is 0 Å². The molecule has 4 nitrogen and oxygen atoms in total. The molecule has 0 radical (unpaired) electrons. The fourth-order valence-electron chi connectivity index (χ4n) is 1.64. The van der Waals surface area contributed by atoms with Crippen LogP contribution in [0.15, 0.2) is 53.7 Å². The molecule has 1 N–H and O–H groups in total. The quantitative estimate of drug-likeness (QED) is 0.917. The molecule has 0 bridgehead atoms. The van der Waals surface area contributed by atoms with Gasteiger partial charge in [0.2, 0.25) is 10.0 Å². The molecule has 0 saturated carbocycles. The number of benzene rings is 1. The molecule has 1 heterocycles. The Morgan fingerprint density at radius 2 is 1.56 bits per heavy atom. The highest BCUT2D eigenvalue weighted by Gasteiger charge is 2.11. The summed E-state index contributed by atoms with van der Waals surface area (Å²) < 4.78 is 26.0. The van der Waals surface area contributed by atoms with Gasteiger partial charge in [-0.3, -0.25) is 4.98 Å². The second-order valence-corrected chi connectivity index (χ2v) is 5.53. The van der Waals surface area contributed by atoms with Gasteiger partial charge in [0.25, 0.3) is 0 Å². The maximum atomic E-state index is 11.8. The van der Waals surface area contributed by atoms with E-state index >= 15 is 0 Å². The molecule has 1 aromatic carbocycles. The smallest absolute Gasteiger partial charge is 0.240 e. The van der Waals surface area contributed by atoms with E-state index < -0.39 is 10.0 Å². The number of sulfonamides is 1. The maximum Gasteiger partial charge on any atom is 0.240 e. The summed E-state index contributed by atoms with van der Waals surface area (Å²) in [5.74, 6) is 0. The van der Waals surface area contributed by atoms with Gasteiger partial charge >= 0.3 is 0 Å². The third-order valence-electron chi connectivity index (χ3n) is 2.51. The number of aromatic nitrogens is 1. The molecule has 2 aromatic rings. The third kappa shape index (κ3) is 2.75. The molecule has 1 aromatic heterocycles. The van der Waals surface area contributed by atoms with Crippen LogP contribution >= 0.6 is 0 Å². The molecule has 0 saturated heterocycles. The normalized spacial score (nSPS) is 11.4.